The van der Waals surface area contributed by atoms with Gasteiger partial charge in [-0.15, -0.1) is 0 Å². The maximum atomic E-state index is 13.1. The lowest BCUT2D eigenvalue weighted by Gasteiger charge is -2.25. The molecule has 0 saturated heterocycles. The highest BCUT2D eigenvalue weighted by atomic mass is 32.1. The molecule has 5 nitrogen and oxygen atoms in total. The third-order valence-corrected chi connectivity index (χ3v) is 5.51. The van der Waals surface area contributed by atoms with Crippen LogP contribution in [-0.4, -0.2) is 20.5 Å². The molecule has 0 fully saturated rings. The highest BCUT2D eigenvalue weighted by Gasteiger charge is 2.29. The number of hydrogen-bond acceptors (Lipinski definition) is 2. The van der Waals surface area contributed by atoms with Crippen molar-refractivity contribution < 1.29 is 0 Å². The Bertz CT molecular complexity index is 1070. The summed E-state index contributed by atoms with van der Waals surface area (Å²) in [7, 11) is 1.88. The summed E-state index contributed by atoms with van der Waals surface area (Å²) in [6.07, 6.45) is 0.944. The summed E-state index contributed by atoms with van der Waals surface area (Å²) in [6, 6.07) is 18.1. The molecule has 0 amide bonds. The number of nitrogens with one attached hydrogen (secondary N) is 1. The van der Waals surface area contributed by atoms with Gasteiger partial charge < -0.3 is 10.2 Å². The van der Waals surface area contributed by atoms with Gasteiger partial charge in [0, 0.05) is 18.8 Å². The molecule has 1 aromatic heterocycles. The summed E-state index contributed by atoms with van der Waals surface area (Å²) < 4.78 is 3.51. The van der Waals surface area contributed by atoms with Gasteiger partial charge in [-0.2, -0.15) is 0 Å². The molecule has 0 unspecified atom stereocenters. The summed E-state index contributed by atoms with van der Waals surface area (Å²) >= 11 is 5.69. The Hall–Kier alpha value is -2.86. The topological polar surface area (TPSA) is 42.2 Å². The zero-order valence-corrected chi connectivity index (χ0v) is 16.5. The van der Waals surface area contributed by atoms with E-state index in [9.17, 15) is 4.79 Å². The van der Waals surface area contributed by atoms with Crippen LogP contribution in [0.1, 0.15) is 18.2 Å². The van der Waals surface area contributed by atoms with Crippen molar-refractivity contribution in [1.82, 2.24) is 9.36 Å². The highest BCUT2D eigenvalue weighted by Crippen LogP contribution is 2.32. The van der Waals surface area contributed by atoms with Crippen molar-refractivity contribution in [2.24, 2.45) is 7.05 Å². The predicted molar refractivity (Wildman–Crippen MR) is 114 cm³/mol. The number of fused-ring (bicyclic) bond motifs is 1. The number of anilines is 2. The zero-order valence-electron chi connectivity index (χ0n) is 15.6. The Morgan fingerprint density at radius 3 is 2.52 bits per heavy atom. The van der Waals surface area contributed by atoms with Gasteiger partial charge in [0.2, 0.25) is 0 Å². The number of rotatable bonds is 2. The first-order valence-corrected chi connectivity index (χ1v) is 9.42. The molecule has 1 atom stereocenters. The second-order valence-corrected chi connectivity index (χ2v) is 7.31. The van der Waals surface area contributed by atoms with Gasteiger partial charge in [0.15, 0.2) is 5.11 Å². The molecule has 0 radical (unpaired) electrons. The molecular formula is C21H22N4OS. The van der Waals surface area contributed by atoms with Gasteiger partial charge in [0.25, 0.3) is 5.56 Å². The number of aromatic nitrogens is 2. The largest absolute Gasteiger partial charge is 0.326 e. The Morgan fingerprint density at radius 1 is 1.11 bits per heavy atom. The third kappa shape index (κ3) is 2.86. The Morgan fingerprint density at radius 2 is 1.78 bits per heavy atom. The maximum Gasteiger partial charge on any atom is 0.295 e. The van der Waals surface area contributed by atoms with Crippen LogP contribution in [-0.2, 0) is 13.5 Å². The van der Waals surface area contributed by atoms with Crippen LogP contribution in [0.3, 0.4) is 0 Å². The van der Waals surface area contributed by atoms with Crippen molar-refractivity contribution in [3.05, 3.63) is 76.2 Å². The molecule has 1 aliphatic rings. The maximum absolute atomic E-state index is 13.1. The van der Waals surface area contributed by atoms with Crippen LogP contribution in [0.4, 0.5) is 11.4 Å². The normalized spacial score (nSPS) is 15.7. The number of para-hydroxylation sites is 2. The van der Waals surface area contributed by atoms with E-state index in [4.69, 9.17) is 12.2 Å². The van der Waals surface area contributed by atoms with Gasteiger partial charge in [-0.3, -0.25) is 9.48 Å². The van der Waals surface area contributed by atoms with Crippen LogP contribution in [0.25, 0.3) is 5.69 Å². The average Bonchev–Trinajstić information content (AvgIpc) is 3.11. The molecule has 27 heavy (non-hydrogen) atoms. The molecule has 2 heterocycles. The quantitative estimate of drug-likeness (QED) is 0.692. The van der Waals surface area contributed by atoms with E-state index in [0.717, 1.165) is 23.5 Å². The molecule has 0 bridgehead atoms. The van der Waals surface area contributed by atoms with E-state index in [2.05, 4.69) is 29.3 Å². The fraction of sp³-hybridized carbons (Fsp3) is 0.238. The fourth-order valence-electron chi connectivity index (χ4n) is 3.75. The van der Waals surface area contributed by atoms with Gasteiger partial charge in [0.1, 0.15) is 5.69 Å². The molecule has 2 aromatic carbocycles. The van der Waals surface area contributed by atoms with Crippen LogP contribution >= 0.6 is 12.2 Å². The lowest BCUT2D eigenvalue weighted by Crippen LogP contribution is -2.39. The number of benzene rings is 2. The van der Waals surface area contributed by atoms with E-state index in [1.165, 1.54) is 5.56 Å². The molecular weight excluding hydrogens is 356 g/mol. The van der Waals surface area contributed by atoms with E-state index in [0.29, 0.717) is 10.8 Å². The predicted octanol–water partition coefficient (Wildman–Crippen LogP) is 3.63. The van der Waals surface area contributed by atoms with Crippen molar-refractivity contribution >= 4 is 28.7 Å². The van der Waals surface area contributed by atoms with Gasteiger partial charge in [-0.1, -0.05) is 36.4 Å². The lowest BCUT2D eigenvalue weighted by atomic mass is 10.1. The minimum Gasteiger partial charge on any atom is -0.326 e. The zero-order chi connectivity index (χ0) is 19.1. The molecule has 0 aliphatic carbocycles. The first-order chi connectivity index (χ1) is 13.0. The van der Waals surface area contributed by atoms with Gasteiger partial charge in [-0.05, 0) is 56.2 Å². The summed E-state index contributed by atoms with van der Waals surface area (Å²) in [6.45, 7) is 4.07. The van der Waals surface area contributed by atoms with Crippen molar-refractivity contribution in [1.29, 1.82) is 0 Å². The second-order valence-electron chi connectivity index (χ2n) is 6.92. The summed E-state index contributed by atoms with van der Waals surface area (Å²) in [5.41, 5.74) is 4.46. The Labute approximate surface area is 163 Å². The van der Waals surface area contributed by atoms with Gasteiger partial charge in [0.05, 0.1) is 11.4 Å². The number of nitrogens with zero attached hydrogens (tertiary/aromatic N) is 3. The molecule has 1 aliphatic heterocycles. The molecule has 4 rings (SSSR count). The fourth-order valence-corrected chi connectivity index (χ4v) is 4.13. The molecule has 1 N–H and O–H groups in total. The standard InChI is InChI=1S/C21H22N4OS/c1-14-13-16-9-7-8-12-18(16)24(14)21(27)22-19-15(2)23(3)25(20(19)26)17-10-5-4-6-11-17/h4-12,14H,13H2,1-3H3,(H,22,27)/t14-/m1/s1. The smallest absolute Gasteiger partial charge is 0.295 e. The number of hydrogen-bond donors (Lipinski definition) is 1. The van der Waals surface area contributed by atoms with Gasteiger partial charge >= 0.3 is 0 Å². The van der Waals surface area contributed by atoms with Crippen molar-refractivity contribution in [2.45, 2.75) is 26.3 Å². The van der Waals surface area contributed by atoms with E-state index >= 15 is 0 Å². The minimum atomic E-state index is -0.108. The van der Waals surface area contributed by atoms with Crippen molar-refractivity contribution in [2.75, 3.05) is 10.2 Å². The van der Waals surface area contributed by atoms with E-state index in [1.807, 2.05) is 61.1 Å². The van der Waals surface area contributed by atoms with Crippen LogP contribution in [0.5, 0.6) is 0 Å². The molecule has 3 aromatic rings. The van der Waals surface area contributed by atoms with Crippen molar-refractivity contribution in [3.63, 3.8) is 0 Å². The molecule has 0 saturated carbocycles. The Kier molecular flexibility index (Phi) is 4.36. The lowest BCUT2D eigenvalue weighted by molar-refractivity contribution is 0.630. The van der Waals surface area contributed by atoms with E-state index < -0.39 is 0 Å². The third-order valence-electron chi connectivity index (χ3n) is 5.21. The van der Waals surface area contributed by atoms with Gasteiger partial charge in [-0.25, -0.2) is 4.68 Å². The van der Waals surface area contributed by atoms with Crippen LogP contribution in [0.15, 0.2) is 59.4 Å². The summed E-state index contributed by atoms with van der Waals surface area (Å²) in [5.74, 6) is 0. The first kappa shape index (κ1) is 17.5. The van der Waals surface area contributed by atoms with Crippen molar-refractivity contribution in [3.8, 4) is 5.69 Å². The van der Waals surface area contributed by atoms with Crippen LogP contribution < -0.4 is 15.8 Å². The molecule has 6 heteroatoms. The second kappa shape index (κ2) is 6.70. The summed E-state index contributed by atoms with van der Waals surface area (Å²) in [5, 5.41) is 3.78. The van der Waals surface area contributed by atoms with Crippen LogP contribution in [0, 0.1) is 6.92 Å². The monoisotopic (exact) mass is 378 g/mol. The minimum absolute atomic E-state index is 0.108. The van der Waals surface area contributed by atoms with E-state index in [-0.39, 0.29) is 11.6 Å². The number of thiocarbonyl (C=S) groups is 1. The SMILES string of the molecule is Cc1c(NC(=S)N2c3ccccc3C[C@H]2C)c(=O)n(-c2ccccc2)n1C. The summed E-state index contributed by atoms with van der Waals surface area (Å²) in [4.78, 5) is 15.2. The Balaban J connectivity index is 1.70. The highest BCUT2D eigenvalue weighted by molar-refractivity contribution is 7.80. The molecule has 0 spiro atoms. The van der Waals surface area contributed by atoms with E-state index in [1.54, 1.807) is 4.68 Å². The average molecular weight is 379 g/mol. The molecule has 138 valence electrons. The first-order valence-electron chi connectivity index (χ1n) is 9.01. The van der Waals surface area contributed by atoms with Crippen LogP contribution in [0.2, 0.25) is 0 Å².